The Kier molecular flexibility index (Phi) is 5.25. The Labute approximate surface area is 78.7 Å². The van der Waals surface area contributed by atoms with Gasteiger partial charge in [0.25, 0.3) is 0 Å². The number of nitrogens with two attached hydrogens (primary N) is 1. The highest BCUT2D eigenvalue weighted by atomic mass is 35.5. The summed E-state index contributed by atoms with van der Waals surface area (Å²) in [5.74, 6) is -1.02. The lowest BCUT2D eigenvalue weighted by molar-refractivity contribution is -0.142. The summed E-state index contributed by atoms with van der Waals surface area (Å²) in [5, 5.41) is 8.75. The Morgan fingerprint density at radius 3 is 2.42 bits per heavy atom. The molecule has 4 heteroatoms. The Morgan fingerprint density at radius 2 is 1.83 bits per heavy atom. The lowest BCUT2D eigenvalue weighted by atomic mass is 9.96. The van der Waals surface area contributed by atoms with Crippen molar-refractivity contribution in [2.75, 3.05) is 0 Å². The molecule has 1 aliphatic rings. The van der Waals surface area contributed by atoms with E-state index in [4.69, 9.17) is 10.8 Å². The first-order chi connectivity index (χ1) is 5.22. The Bertz CT molecular complexity index is 152. The van der Waals surface area contributed by atoms with Crippen LogP contribution < -0.4 is 5.73 Å². The molecule has 0 radical (unpaired) electrons. The molecule has 0 aromatic rings. The molecule has 0 aromatic carbocycles. The zero-order valence-electron chi connectivity index (χ0n) is 7.03. The number of hydrogen-bond donors (Lipinski definition) is 2. The number of hydrogen-bond acceptors (Lipinski definition) is 2. The summed E-state index contributed by atoms with van der Waals surface area (Å²) in [6, 6.07) is -0.116. The van der Waals surface area contributed by atoms with Crippen LogP contribution in [0.4, 0.5) is 0 Å². The summed E-state index contributed by atoms with van der Waals surface area (Å²) in [4.78, 5) is 10.6. The summed E-state index contributed by atoms with van der Waals surface area (Å²) >= 11 is 0. The van der Waals surface area contributed by atoms with Gasteiger partial charge in [-0.3, -0.25) is 4.79 Å². The van der Waals surface area contributed by atoms with Crippen molar-refractivity contribution in [3.05, 3.63) is 0 Å². The second-order valence-corrected chi connectivity index (χ2v) is 3.25. The molecule has 3 N–H and O–H groups in total. The third kappa shape index (κ3) is 2.99. The minimum Gasteiger partial charge on any atom is -0.481 e. The van der Waals surface area contributed by atoms with Gasteiger partial charge in [-0.05, 0) is 12.8 Å². The molecule has 0 aliphatic heterocycles. The molecule has 1 rings (SSSR count). The molecule has 0 aromatic heterocycles. The van der Waals surface area contributed by atoms with Crippen LogP contribution in [-0.4, -0.2) is 17.1 Å². The molecular weight excluding hydrogens is 178 g/mol. The van der Waals surface area contributed by atoms with Crippen LogP contribution in [0.1, 0.15) is 32.1 Å². The van der Waals surface area contributed by atoms with Crippen LogP contribution in [0.2, 0.25) is 0 Å². The highest BCUT2D eigenvalue weighted by molar-refractivity contribution is 5.85. The Hall–Kier alpha value is -0.280. The van der Waals surface area contributed by atoms with E-state index < -0.39 is 5.97 Å². The van der Waals surface area contributed by atoms with Gasteiger partial charge < -0.3 is 10.8 Å². The van der Waals surface area contributed by atoms with E-state index in [-0.39, 0.29) is 24.4 Å². The molecule has 0 saturated heterocycles. The van der Waals surface area contributed by atoms with Crippen molar-refractivity contribution in [2.45, 2.75) is 38.1 Å². The third-order valence-corrected chi connectivity index (χ3v) is 2.39. The van der Waals surface area contributed by atoms with E-state index in [1.165, 1.54) is 0 Å². The zero-order chi connectivity index (χ0) is 8.27. The Balaban J connectivity index is 0.00000121. The maximum Gasteiger partial charge on any atom is 0.308 e. The minimum atomic E-state index is -0.723. The molecule has 0 spiro atoms. The second-order valence-electron chi connectivity index (χ2n) is 3.25. The maximum atomic E-state index is 10.6. The number of rotatable bonds is 1. The van der Waals surface area contributed by atoms with Gasteiger partial charge in [0.05, 0.1) is 5.92 Å². The van der Waals surface area contributed by atoms with E-state index in [2.05, 4.69) is 0 Å². The third-order valence-electron chi connectivity index (χ3n) is 2.39. The van der Waals surface area contributed by atoms with Crippen LogP contribution in [0.15, 0.2) is 0 Å². The normalized spacial score (nSPS) is 30.1. The van der Waals surface area contributed by atoms with E-state index in [0.717, 1.165) is 32.1 Å². The standard InChI is InChI=1S/C8H15NO2.ClH/c9-7-5-3-1-2-4-6(7)8(10)11;/h6-7H,1-5,9H2,(H,10,11);1H/t6-,7-;/m0./s1. The van der Waals surface area contributed by atoms with Crippen molar-refractivity contribution in [1.82, 2.24) is 0 Å². The largest absolute Gasteiger partial charge is 0.481 e. The summed E-state index contributed by atoms with van der Waals surface area (Å²) in [7, 11) is 0. The van der Waals surface area contributed by atoms with Gasteiger partial charge in [-0.15, -0.1) is 12.4 Å². The van der Waals surface area contributed by atoms with Crippen LogP contribution >= 0.6 is 12.4 Å². The van der Waals surface area contributed by atoms with E-state index >= 15 is 0 Å². The van der Waals surface area contributed by atoms with E-state index in [9.17, 15) is 4.79 Å². The summed E-state index contributed by atoms with van der Waals surface area (Å²) in [6.07, 6.45) is 4.88. The van der Waals surface area contributed by atoms with Crippen LogP contribution in [0.5, 0.6) is 0 Å². The molecule has 0 unspecified atom stereocenters. The average molecular weight is 194 g/mol. The first kappa shape index (κ1) is 11.7. The predicted octanol–water partition coefficient (Wildman–Crippen LogP) is 1.40. The molecule has 12 heavy (non-hydrogen) atoms. The average Bonchev–Trinajstić information content (AvgIpc) is 2.13. The van der Waals surface area contributed by atoms with Gasteiger partial charge in [0, 0.05) is 6.04 Å². The highest BCUT2D eigenvalue weighted by Crippen LogP contribution is 2.21. The van der Waals surface area contributed by atoms with Crippen molar-refractivity contribution >= 4 is 18.4 Å². The minimum absolute atomic E-state index is 0. The maximum absolute atomic E-state index is 10.6. The monoisotopic (exact) mass is 193 g/mol. The van der Waals surface area contributed by atoms with E-state index in [0.29, 0.717) is 0 Å². The fourth-order valence-electron chi connectivity index (χ4n) is 1.64. The van der Waals surface area contributed by atoms with Gasteiger partial charge in [-0.25, -0.2) is 0 Å². The lowest BCUT2D eigenvalue weighted by Crippen LogP contribution is -2.34. The number of carbonyl (C=O) groups is 1. The van der Waals surface area contributed by atoms with E-state index in [1.54, 1.807) is 0 Å². The summed E-state index contributed by atoms with van der Waals surface area (Å²) in [6.45, 7) is 0. The number of halogens is 1. The summed E-state index contributed by atoms with van der Waals surface area (Å²) < 4.78 is 0. The van der Waals surface area contributed by atoms with Crippen LogP contribution in [-0.2, 0) is 4.79 Å². The summed E-state index contributed by atoms with van der Waals surface area (Å²) in [5.41, 5.74) is 5.70. The highest BCUT2D eigenvalue weighted by Gasteiger charge is 2.26. The molecule has 1 fully saturated rings. The number of carboxylic acids is 1. The number of aliphatic carboxylic acids is 1. The molecule has 72 valence electrons. The van der Waals surface area contributed by atoms with Crippen molar-refractivity contribution in [3.8, 4) is 0 Å². The SMILES string of the molecule is Cl.N[C@H]1CCCCC[C@@H]1C(=O)O. The fraction of sp³-hybridized carbons (Fsp3) is 0.875. The molecule has 3 nitrogen and oxygen atoms in total. The van der Waals surface area contributed by atoms with Crippen LogP contribution in [0.25, 0.3) is 0 Å². The van der Waals surface area contributed by atoms with Gasteiger partial charge in [0.2, 0.25) is 0 Å². The quantitative estimate of drug-likeness (QED) is 0.619. The van der Waals surface area contributed by atoms with Crippen LogP contribution in [0, 0.1) is 5.92 Å². The predicted molar refractivity (Wildman–Crippen MR) is 49.4 cm³/mol. The molecule has 1 saturated carbocycles. The van der Waals surface area contributed by atoms with E-state index in [1.807, 2.05) is 0 Å². The fourth-order valence-corrected chi connectivity index (χ4v) is 1.64. The smallest absolute Gasteiger partial charge is 0.308 e. The first-order valence-corrected chi connectivity index (χ1v) is 4.20. The first-order valence-electron chi connectivity index (χ1n) is 4.20. The van der Waals surface area contributed by atoms with Crippen LogP contribution in [0.3, 0.4) is 0 Å². The van der Waals surface area contributed by atoms with Crippen molar-refractivity contribution in [1.29, 1.82) is 0 Å². The lowest BCUT2D eigenvalue weighted by Gasteiger charge is -2.15. The number of carboxylic acid groups (broad SMARTS) is 1. The van der Waals surface area contributed by atoms with Crippen molar-refractivity contribution in [2.24, 2.45) is 11.7 Å². The molecule has 0 heterocycles. The van der Waals surface area contributed by atoms with Crippen molar-refractivity contribution in [3.63, 3.8) is 0 Å². The molecule has 0 bridgehead atoms. The zero-order valence-corrected chi connectivity index (χ0v) is 7.85. The second kappa shape index (κ2) is 5.38. The van der Waals surface area contributed by atoms with Gasteiger partial charge in [0.1, 0.15) is 0 Å². The van der Waals surface area contributed by atoms with Gasteiger partial charge >= 0.3 is 5.97 Å². The Morgan fingerprint density at radius 1 is 1.25 bits per heavy atom. The van der Waals surface area contributed by atoms with Gasteiger partial charge in [0.15, 0.2) is 0 Å². The molecular formula is C8H16ClNO2. The van der Waals surface area contributed by atoms with Crippen molar-refractivity contribution < 1.29 is 9.90 Å². The molecule has 2 atom stereocenters. The topological polar surface area (TPSA) is 63.3 Å². The van der Waals surface area contributed by atoms with Gasteiger partial charge in [-0.2, -0.15) is 0 Å². The molecule has 1 aliphatic carbocycles. The molecule has 0 amide bonds. The van der Waals surface area contributed by atoms with Gasteiger partial charge in [-0.1, -0.05) is 19.3 Å².